The van der Waals surface area contributed by atoms with Crippen LogP contribution in [0, 0.1) is 26.7 Å². The topological polar surface area (TPSA) is 102 Å². The number of amides is 1. The molecule has 1 aromatic heterocycles. The Morgan fingerprint density at radius 1 is 0.978 bits per heavy atom. The van der Waals surface area contributed by atoms with E-state index in [1.54, 1.807) is 25.3 Å². The molecule has 1 aliphatic heterocycles. The summed E-state index contributed by atoms with van der Waals surface area (Å²) in [7, 11) is 1.55. The summed E-state index contributed by atoms with van der Waals surface area (Å²) in [4.78, 5) is 28.8. The fourth-order valence-electron chi connectivity index (χ4n) is 5.05. The summed E-state index contributed by atoms with van der Waals surface area (Å²) < 4.78 is 12.3. The molecule has 5 rings (SSSR count). The van der Waals surface area contributed by atoms with Gasteiger partial charge in [-0.15, -0.1) is 10.2 Å². The Morgan fingerprint density at radius 2 is 1.71 bits per heavy atom. The molecule has 0 saturated carbocycles. The fourth-order valence-corrected chi connectivity index (χ4v) is 6.87. The molecule has 1 fully saturated rings. The number of ketones is 1. The van der Waals surface area contributed by atoms with Crippen LogP contribution in [0.4, 0.5) is 5.13 Å². The molecule has 234 valence electrons. The SMILES string of the molecule is COc1cc(C2/C(=C(\O)c3cc(C)ccc3C)C(=O)C(=O)N2c2nnc(SCc3ccc(C)cc3)s2)ccc1OCCC(C)C. The van der Waals surface area contributed by atoms with Gasteiger partial charge in [-0.3, -0.25) is 14.5 Å². The largest absolute Gasteiger partial charge is 0.507 e. The van der Waals surface area contributed by atoms with E-state index in [1.807, 2.05) is 39.0 Å². The minimum Gasteiger partial charge on any atom is -0.507 e. The minimum atomic E-state index is -0.966. The van der Waals surface area contributed by atoms with Gasteiger partial charge in [0.1, 0.15) is 5.76 Å². The van der Waals surface area contributed by atoms with Gasteiger partial charge in [0, 0.05) is 11.3 Å². The number of carbonyl (C=O) groups excluding carboxylic acids is 2. The first-order valence-electron chi connectivity index (χ1n) is 14.8. The van der Waals surface area contributed by atoms with Gasteiger partial charge in [0.15, 0.2) is 15.8 Å². The van der Waals surface area contributed by atoms with Gasteiger partial charge < -0.3 is 14.6 Å². The van der Waals surface area contributed by atoms with Crippen LogP contribution in [0.3, 0.4) is 0 Å². The highest BCUT2D eigenvalue weighted by Gasteiger charge is 2.48. The van der Waals surface area contributed by atoms with Crippen LogP contribution in [0.2, 0.25) is 0 Å². The second-order valence-corrected chi connectivity index (χ2v) is 13.7. The molecule has 1 unspecified atom stereocenters. The molecule has 2 heterocycles. The van der Waals surface area contributed by atoms with Crippen molar-refractivity contribution in [2.45, 2.75) is 57.2 Å². The monoisotopic (exact) mass is 643 g/mol. The zero-order chi connectivity index (χ0) is 32.2. The molecule has 1 amide bonds. The molecule has 1 aliphatic rings. The first-order valence-corrected chi connectivity index (χ1v) is 16.6. The van der Waals surface area contributed by atoms with Crippen molar-refractivity contribution in [3.05, 3.63) is 99.6 Å². The minimum absolute atomic E-state index is 0.0201. The Kier molecular flexibility index (Phi) is 9.94. The highest BCUT2D eigenvalue weighted by molar-refractivity contribution is 8.00. The highest BCUT2D eigenvalue weighted by Crippen LogP contribution is 2.46. The van der Waals surface area contributed by atoms with Crippen molar-refractivity contribution >= 4 is 45.7 Å². The summed E-state index contributed by atoms with van der Waals surface area (Å²) in [5.74, 6) is 0.357. The van der Waals surface area contributed by atoms with E-state index in [-0.39, 0.29) is 16.5 Å². The number of thioether (sulfide) groups is 1. The van der Waals surface area contributed by atoms with Crippen LogP contribution in [-0.4, -0.2) is 40.7 Å². The van der Waals surface area contributed by atoms with Crippen LogP contribution < -0.4 is 14.4 Å². The Balaban J connectivity index is 1.57. The molecule has 1 N–H and O–H groups in total. The zero-order valence-corrected chi connectivity index (χ0v) is 27.9. The van der Waals surface area contributed by atoms with Gasteiger partial charge in [-0.2, -0.15) is 0 Å². The van der Waals surface area contributed by atoms with Gasteiger partial charge in [-0.25, -0.2) is 0 Å². The average molecular weight is 644 g/mol. The number of methoxy groups -OCH3 is 1. The van der Waals surface area contributed by atoms with Crippen molar-refractivity contribution < 1.29 is 24.2 Å². The lowest BCUT2D eigenvalue weighted by Gasteiger charge is -2.24. The third kappa shape index (κ3) is 7.07. The lowest BCUT2D eigenvalue weighted by atomic mass is 9.93. The number of carbonyl (C=O) groups is 2. The van der Waals surface area contributed by atoms with Crippen molar-refractivity contribution in [2.24, 2.45) is 5.92 Å². The van der Waals surface area contributed by atoms with Crippen LogP contribution in [0.5, 0.6) is 11.5 Å². The smallest absolute Gasteiger partial charge is 0.301 e. The van der Waals surface area contributed by atoms with Gasteiger partial charge >= 0.3 is 5.91 Å². The van der Waals surface area contributed by atoms with Crippen LogP contribution in [0.15, 0.2) is 70.6 Å². The molecule has 0 radical (unpaired) electrons. The number of aryl methyl sites for hydroxylation is 3. The number of nitrogens with zero attached hydrogens (tertiary/aromatic N) is 3. The highest BCUT2D eigenvalue weighted by atomic mass is 32.2. The Bertz CT molecular complexity index is 1750. The summed E-state index contributed by atoms with van der Waals surface area (Å²) in [6, 6.07) is 18.2. The number of rotatable bonds is 11. The zero-order valence-electron chi connectivity index (χ0n) is 26.3. The van der Waals surface area contributed by atoms with Crippen LogP contribution >= 0.6 is 23.1 Å². The standard InChI is InChI=1S/C35H37N3O5S2/c1-20(2)15-16-43-27-14-13-25(18-28(27)42-6)30-29(31(39)26-17-22(4)7-10-23(26)5)32(40)33(41)38(30)34-36-37-35(45-34)44-19-24-11-8-21(3)9-12-24/h7-14,17-18,20,30,39H,15-16,19H2,1-6H3/b31-29+. The van der Waals surface area contributed by atoms with Gasteiger partial charge in [0.25, 0.3) is 5.78 Å². The van der Waals surface area contributed by atoms with Crippen LogP contribution in [-0.2, 0) is 15.3 Å². The van der Waals surface area contributed by atoms with E-state index in [0.29, 0.717) is 45.2 Å². The quantitative estimate of drug-likeness (QED) is 0.0581. The number of aliphatic hydroxyl groups excluding tert-OH is 1. The molecular weight excluding hydrogens is 607 g/mol. The fraction of sp³-hybridized carbons (Fsp3) is 0.314. The Hall–Kier alpha value is -4.15. The molecule has 10 heteroatoms. The predicted octanol–water partition coefficient (Wildman–Crippen LogP) is 7.82. The maximum absolute atomic E-state index is 13.7. The summed E-state index contributed by atoms with van der Waals surface area (Å²) in [6.45, 7) is 10.6. The number of benzene rings is 3. The first kappa shape index (κ1) is 32.2. The van der Waals surface area contributed by atoms with E-state index < -0.39 is 17.7 Å². The summed E-state index contributed by atoms with van der Waals surface area (Å²) in [6.07, 6.45) is 0.877. The van der Waals surface area contributed by atoms with Gasteiger partial charge in [-0.05, 0) is 68.0 Å². The van der Waals surface area contributed by atoms with E-state index in [9.17, 15) is 14.7 Å². The number of hydrogen-bond donors (Lipinski definition) is 1. The van der Waals surface area contributed by atoms with Crippen molar-refractivity contribution in [1.82, 2.24) is 10.2 Å². The third-order valence-corrected chi connectivity index (χ3v) is 9.76. The van der Waals surface area contributed by atoms with Crippen LogP contribution in [0.1, 0.15) is 59.7 Å². The van der Waals surface area contributed by atoms with Crippen molar-refractivity contribution in [2.75, 3.05) is 18.6 Å². The Morgan fingerprint density at radius 3 is 2.42 bits per heavy atom. The predicted molar refractivity (Wildman–Crippen MR) is 179 cm³/mol. The molecule has 4 aromatic rings. The maximum Gasteiger partial charge on any atom is 0.301 e. The Labute approximate surface area is 272 Å². The van der Waals surface area contributed by atoms with E-state index in [1.165, 1.54) is 33.6 Å². The molecule has 3 aromatic carbocycles. The van der Waals surface area contributed by atoms with Crippen LogP contribution in [0.25, 0.3) is 5.76 Å². The van der Waals surface area contributed by atoms with E-state index in [0.717, 1.165) is 23.1 Å². The van der Waals surface area contributed by atoms with Crippen molar-refractivity contribution in [3.8, 4) is 11.5 Å². The summed E-state index contributed by atoms with van der Waals surface area (Å²) in [5, 5.41) is 20.6. The van der Waals surface area contributed by atoms with Gasteiger partial charge in [0.2, 0.25) is 5.13 Å². The lowest BCUT2D eigenvalue weighted by molar-refractivity contribution is -0.132. The van der Waals surface area contributed by atoms with Crippen molar-refractivity contribution in [1.29, 1.82) is 0 Å². The van der Waals surface area contributed by atoms with E-state index in [2.05, 4.69) is 48.3 Å². The molecule has 0 aliphatic carbocycles. The molecule has 45 heavy (non-hydrogen) atoms. The molecular formula is C35H37N3O5S2. The first-order chi connectivity index (χ1) is 21.6. The second kappa shape index (κ2) is 13.9. The number of ether oxygens (including phenoxy) is 2. The lowest BCUT2D eigenvalue weighted by Crippen LogP contribution is -2.29. The molecule has 1 saturated heterocycles. The molecule has 8 nitrogen and oxygen atoms in total. The van der Waals surface area contributed by atoms with Gasteiger partial charge in [0.05, 0.1) is 25.3 Å². The number of hydrogen-bond acceptors (Lipinski definition) is 9. The average Bonchev–Trinajstić information content (AvgIpc) is 3.59. The molecule has 1 atom stereocenters. The van der Waals surface area contributed by atoms with E-state index >= 15 is 0 Å². The van der Waals surface area contributed by atoms with Crippen molar-refractivity contribution in [3.63, 3.8) is 0 Å². The maximum atomic E-state index is 13.7. The normalized spacial score (nSPS) is 16.1. The number of aliphatic hydroxyl groups is 1. The number of anilines is 1. The number of Topliss-reactive ketones (excluding diaryl/α,β-unsaturated/α-hetero) is 1. The third-order valence-electron chi connectivity index (χ3n) is 7.63. The van der Waals surface area contributed by atoms with E-state index in [4.69, 9.17) is 9.47 Å². The summed E-state index contributed by atoms with van der Waals surface area (Å²) >= 11 is 2.74. The molecule has 0 bridgehead atoms. The van der Waals surface area contributed by atoms with Gasteiger partial charge in [-0.1, -0.05) is 90.5 Å². The molecule has 0 spiro atoms. The number of aromatic nitrogens is 2. The summed E-state index contributed by atoms with van der Waals surface area (Å²) in [5.41, 5.74) is 5.05. The second-order valence-electron chi connectivity index (χ2n) is 11.6.